The summed E-state index contributed by atoms with van der Waals surface area (Å²) in [6.07, 6.45) is 7.84. The monoisotopic (exact) mass is 594 g/mol. The van der Waals surface area contributed by atoms with Gasteiger partial charge in [0.05, 0.1) is 13.2 Å². The number of aliphatic hydroxyl groups excluding tert-OH is 1. The van der Waals surface area contributed by atoms with E-state index in [2.05, 4.69) is 41.2 Å². The van der Waals surface area contributed by atoms with Crippen LogP contribution in [-0.2, 0) is 29.2 Å². The topological polar surface area (TPSA) is 65.6 Å². The minimum Gasteiger partial charge on any atom is -1.00 e. The SMILES string of the molecule is C1CCOC1.CCOC(=O)c1cc2cc(C)sc2n1CC1CC1.Cc1cc2cc(CO)n(CC3CC3)c2s1.[AlH3].[H-].[Li+]. The summed E-state index contributed by atoms with van der Waals surface area (Å²) in [4.78, 5) is 17.2. The first-order valence-corrected chi connectivity index (χ1v) is 15.6. The van der Waals surface area contributed by atoms with Crippen LogP contribution in [0.1, 0.15) is 72.8 Å². The number of carbonyl (C=O) groups excluding carboxylic acids is 1. The molecular weight excluding hydrogens is 550 g/mol. The van der Waals surface area contributed by atoms with Crippen LogP contribution in [0.15, 0.2) is 24.3 Å². The molecule has 0 radical (unpaired) electrons. The van der Waals surface area contributed by atoms with Gasteiger partial charge in [0, 0.05) is 52.5 Å². The van der Waals surface area contributed by atoms with Crippen LogP contribution in [0.2, 0.25) is 0 Å². The van der Waals surface area contributed by atoms with Gasteiger partial charge in [0.2, 0.25) is 0 Å². The summed E-state index contributed by atoms with van der Waals surface area (Å²) in [5.74, 6) is 1.41. The summed E-state index contributed by atoms with van der Waals surface area (Å²) in [6.45, 7) is 10.7. The number of nitrogens with zero attached hydrogens (tertiary/aromatic N) is 2. The van der Waals surface area contributed by atoms with Crippen molar-refractivity contribution in [1.29, 1.82) is 0 Å². The van der Waals surface area contributed by atoms with Crippen LogP contribution in [0.3, 0.4) is 0 Å². The van der Waals surface area contributed by atoms with Crippen LogP contribution in [0.25, 0.3) is 20.4 Å². The van der Waals surface area contributed by atoms with Gasteiger partial charge in [0.25, 0.3) is 0 Å². The number of thiophene rings is 2. The maximum atomic E-state index is 12.0. The van der Waals surface area contributed by atoms with Crippen LogP contribution in [0, 0.1) is 25.7 Å². The third-order valence-electron chi connectivity index (χ3n) is 7.22. The maximum absolute atomic E-state index is 12.0. The van der Waals surface area contributed by atoms with E-state index >= 15 is 0 Å². The Kier molecular flexibility index (Phi) is 13.0. The number of carbonyl (C=O) groups is 1. The van der Waals surface area contributed by atoms with Crippen LogP contribution in [-0.4, -0.2) is 57.4 Å². The Hall–Kier alpha value is -1.00. The van der Waals surface area contributed by atoms with Gasteiger partial charge in [-0.15, -0.1) is 22.7 Å². The number of hydrogen-bond acceptors (Lipinski definition) is 6. The molecule has 2 saturated carbocycles. The van der Waals surface area contributed by atoms with Gasteiger partial charge in [-0.3, -0.25) is 0 Å². The molecule has 6 nitrogen and oxygen atoms in total. The zero-order valence-electron chi connectivity index (χ0n) is 24.8. The second-order valence-corrected chi connectivity index (χ2v) is 13.2. The van der Waals surface area contributed by atoms with E-state index in [-0.39, 0.29) is 50.2 Å². The van der Waals surface area contributed by atoms with E-state index in [4.69, 9.17) is 9.47 Å². The van der Waals surface area contributed by atoms with Crippen LogP contribution < -0.4 is 18.9 Å². The molecule has 0 amide bonds. The first-order chi connectivity index (χ1) is 18.5. The molecule has 214 valence electrons. The maximum Gasteiger partial charge on any atom is 1.00 e. The first-order valence-electron chi connectivity index (χ1n) is 14.0. The standard InChI is InChI=1S/C14H17NO2S.C12H15NOS.C4H8O.Al.Li.4H/c1-3-17-14(16)12-7-11-6-9(2)18-13(11)15(12)8-10-4-5-10;1-8-4-10-5-11(7-14)13(12(10)15-8)6-9-2-3-9;1-2-4-5-3-1;;;;;;/h6-7,10H,3-5,8H2,1-2H3;4-5,9,14H,2-3,6-7H2,1H3;1-4H2;;;;;;/q;;;;+1;;;;-1. The van der Waals surface area contributed by atoms with Crippen molar-refractivity contribution in [2.45, 2.75) is 79.0 Å². The predicted molar refractivity (Wildman–Crippen MR) is 168 cm³/mol. The molecule has 5 heterocycles. The zero-order chi connectivity index (χ0) is 26.6. The normalized spacial score (nSPS) is 16.0. The van der Waals surface area contributed by atoms with Gasteiger partial charge in [-0.2, -0.15) is 0 Å². The van der Waals surface area contributed by atoms with E-state index in [9.17, 15) is 9.90 Å². The molecule has 0 atom stereocenters. The average Bonchev–Trinajstić information content (AvgIpc) is 3.60. The fraction of sp³-hybridized carbons (Fsp3) is 0.567. The Balaban J connectivity index is 0.000000233. The number of aromatic nitrogens is 2. The number of hydrogen-bond donors (Lipinski definition) is 1. The van der Waals surface area contributed by atoms with Gasteiger partial charge >= 0.3 is 24.8 Å². The predicted octanol–water partition coefficient (Wildman–Crippen LogP) is 3.24. The van der Waals surface area contributed by atoms with Crippen molar-refractivity contribution >= 4 is 66.4 Å². The summed E-state index contributed by atoms with van der Waals surface area (Å²) < 4.78 is 14.6. The van der Waals surface area contributed by atoms with Gasteiger partial charge in [0.15, 0.2) is 17.4 Å². The number of fused-ring (bicyclic) bond motifs is 2. The van der Waals surface area contributed by atoms with Crippen molar-refractivity contribution in [2.75, 3.05) is 19.8 Å². The van der Waals surface area contributed by atoms with Crippen LogP contribution in [0.4, 0.5) is 0 Å². The summed E-state index contributed by atoms with van der Waals surface area (Å²) in [5, 5.41) is 11.8. The molecule has 2 aliphatic carbocycles. The molecule has 1 aliphatic heterocycles. The molecule has 7 rings (SSSR count). The molecule has 1 N–H and O–H groups in total. The van der Waals surface area contributed by atoms with Crippen molar-refractivity contribution in [1.82, 2.24) is 9.13 Å². The third kappa shape index (κ3) is 8.52. The molecule has 4 aromatic rings. The van der Waals surface area contributed by atoms with Crippen molar-refractivity contribution < 1.29 is 39.7 Å². The van der Waals surface area contributed by atoms with Crippen molar-refractivity contribution in [3.63, 3.8) is 0 Å². The van der Waals surface area contributed by atoms with Gasteiger partial charge in [-0.1, -0.05) is 0 Å². The van der Waals surface area contributed by atoms with E-state index in [1.165, 1.54) is 68.7 Å². The molecule has 0 spiro atoms. The molecule has 10 heteroatoms. The molecule has 3 aliphatic rings. The number of ether oxygens (including phenoxy) is 2. The Morgan fingerprint density at radius 2 is 1.48 bits per heavy atom. The summed E-state index contributed by atoms with van der Waals surface area (Å²) in [5.41, 5.74) is 1.79. The average molecular weight is 595 g/mol. The van der Waals surface area contributed by atoms with Gasteiger partial charge < -0.3 is 25.1 Å². The molecule has 40 heavy (non-hydrogen) atoms. The Morgan fingerprint density at radius 1 is 0.950 bits per heavy atom. The summed E-state index contributed by atoms with van der Waals surface area (Å²) in [7, 11) is 0. The molecular formula is C30H44AlLiN2O4S2. The molecule has 0 aromatic carbocycles. The summed E-state index contributed by atoms with van der Waals surface area (Å²) >= 11 is 3.60. The van der Waals surface area contributed by atoms with Crippen LogP contribution >= 0.6 is 22.7 Å². The minimum absolute atomic E-state index is 0. The second-order valence-electron chi connectivity index (χ2n) is 10.7. The number of rotatable bonds is 7. The fourth-order valence-corrected chi connectivity index (χ4v) is 6.95. The fourth-order valence-electron chi connectivity index (χ4n) is 4.91. The Labute approximate surface area is 269 Å². The zero-order valence-corrected chi connectivity index (χ0v) is 25.5. The minimum atomic E-state index is -0.195. The Bertz CT molecular complexity index is 1380. The van der Waals surface area contributed by atoms with Crippen LogP contribution in [0.5, 0.6) is 0 Å². The second kappa shape index (κ2) is 15.5. The van der Waals surface area contributed by atoms with E-state index in [1.807, 2.05) is 24.3 Å². The van der Waals surface area contributed by atoms with Gasteiger partial charge in [-0.25, -0.2) is 4.79 Å². The van der Waals surface area contributed by atoms with E-state index in [1.54, 1.807) is 11.3 Å². The van der Waals surface area contributed by atoms with E-state index in [0.29, 0.717) is 12.3 Å². The number of aliphatic hydroxyl groups is 1. The van der Waals surface area contributed by atoms with E-state index in [0.717, 1.165) is 43.8 Å². The molecule has 1 saturated heterocycles. The first kappa shape index (κ1) is 33.5. The van der Waals surface area contributed by atoms with Gasteiger partial charge in [-0.05, 0) is 95.4 Å². The largest absolute Gasteiger partial charge is 1.00 e. The smallest absolute Gasteiger partial charge is 1.00 e. The third-order valence-corrected chi connectivity index (χ3v) is 9.40. The quantitative estimate of drug-likeness (QED) is 0.264. The number of esters is 1. The van der Waals surface area contributed by atoms with Crippen molar-refractivity contribution in [3.05, 3.63) is 45.4 Å². The summed E-state index contributed by atoms with van der Waals surface area (Å²) in [6, 6.07) is 8.45. The Morgan fingerprint density at radius 3 is 1.95 bits per heavy atom. The van der Waals surface area contributed by atoms with Crippen molar-refractivity contribution in [2.24, 2.45) is 11.8 Å². The molecule has 3 fully saturated rings. The molecule has 0 unspecified atom stereocenters. The van der Waals surface area contributed by atoms with E-state index < -0.39 is 0 Å². The molecule has 4 aromatic heterocycles. The molecule has 0 bridgehead atoms. The number of aryl methyl sites for hydroxylation is 2. The van der Waals surface area contributed by atoms with Gasteiger partial charge in [0.1, 0.15) is 15.4 Å². The van der Waals surface area contributed by atoms with Crippen molar-refractivity contribution in [3.8, 4) is 0 Å².